The van der Waals surface area contributed by atoms with Crippen molar-refractivity contribution in [2.75, 3.05) is 13.2 Å². The lowest BCUT2D eigenvalue weighted by Crippen LogP contribution is -2.50. The summed E-state index contributed by atoms with van der Waals surface area (Å²) in [4.78, 5) is 19.1. The number of aliphatic hydroxyl groups excluding tert-OH is 1. The third-order valence-corrected chi connectivity index (χ3v) is 7.84. The SMILES string of the molecule is O=C(NC1CC1)[C@]1(Cc2ccccc2Br)N=C(c2ccc(OCCCO)cc2)O[C@@H]1c1ccc(Br)cc1. The van der Waals surface area contributed by atoms with E-state index in [0.717, 1.165) is 38.5 Å². The van der Waals surface area contributed by atoms with Crippen LogP contribution < -0.4 is 10.1 Å². The van der Waals surface area contributed by atoms with E-state index in [-0.39, 0.29) is 18.6 Å². The summed E-state index contributed by atoms with van der Waals surface area (Å²) in [7, 11) is 0. The van der Waals surface area contributed by atoms with Crippen molar-refractivity contribution in [3.63, 3.8) is 0 Å². The number of halogens is 2. The Morgan fingerprint density at radius 2 is 1.78 bits per heavy atom. The molecular weight excluding hydrogens is 600 g/mol. The van der Waals surface area contributed by atoms with Gasteiger partial charge < -0.3 is 19.9 Å². The number of carbonyl (C=O) groups excluding carboxylic acids is 1. The van der Waals surface area contributed by atoms with Crippen molar-refractivity contribution in [2.45, 2.75) is 43.4 Å². The molecular formula is C29H28Br2N2O4. The lowest BCUT2D eigenvalue weighted by Gasteiger charge is -2.31. The largest absolute Gasteiger partial charge is 0.494 e. The second-order valence-corrected chi connectivity index (χ2v) is 11.1. The molecule has 0 unspecified atom stereocenters. The second-order valence-electron chi connectivity index (χ2n) is 9.36. The summed E-state index contributed by atoms with van der Waals surface area (Å²) in [5.74, 6) is 0.997. The summed E-state index contributed by atoms with van der Waals surface area (Å²) in [6, 6.07) is 23.5. The molecule has 2 aliphatic rings. The predicted molar refractivity (Wildman–Crippen MR) is 150 cm³/mol. The van der Waals surface area contributed by atoms with Gasteiger partial charge in [-0.25, -0.2) is 4.99 Å². The molecule has 3 aromatic carbocycles. The van der Waals surface area contributed by atoms with Crippen LogP contribution in [0.1, 0.15) is 42.1 Å². The van der Waals surface area contributed by atoms with Crippen LogP contribution in [0.3, 0.4) is 0 Å². The molecule has 6 nitrogen and oxygen atoms in total. The Kier molecular flexibility index (Phi) is 7.98. The van der Waals surface area contributed by atoms with E-state index < -0.39 is 11.6 Å². The minimum atomic E-state index is -1.19. The maximum atomic E-state index is 14.0. The zero-order valence-corrected chi connectivity index (χ0v) is 23.4. The molecule has 5 rings (SSSR count). The minimum absolute atomic E-state index is 0.0860. The van der Waals surface area contributed by atoms with Gasteiger partial charge >= 0.3 is 0 Å². The minimum Gasteiger partial charge on any atom is -0.494 e. The molecule has 1 amide bonds. The fourth-order valence-corrected chi connectivity index (χ4v) is 5.08. The Bertz CT molecular complexity index is 1280. The van der Waals surface area contributed by atoms with E-state index in [4.69, 9.17) is 19.6 Å². The summed E-state index contributed by atoms with van der Waals surface area (Å²) in [5, 5.41) is 12.2. The first-order chi connectivity index (χ1) is 18.0. The van der Waals surface area contributed by atoms with Crippen LogP contribution in [0.5, 0.6) is 5.75 Å². The van der Waals surface area contributed by atoms with Crippen LogP contribution in [0.25, 0.3) is 0 Å². The number of carbonyl (C=O) groups is 1. The van der Waals surface area contributed by atoms with Gasteiger partial charge in [-0.2, -0.15) is 0 Å². The third kappa shape index (κ3) is 5.92. The molecule has 2 atom stereocenters. The third-order valence-electron chi connectivity index (χ3n) is 6.53. The number of amides is 1. The first-order valence-corrected chi connectivity index (χ1v) is 14.0. The summed E-state index contributed by atoms with van der Waals surface area (Å²) in [6.07, 6.45) is 2.30. The van der Waals surface area contributed by atoms with Gasteiger partial charge in [-0.3, -0.25) is 4.79 Å². The summed E-state index contributed by atoms with van der Waals surface area (Å²) in [5.41, 5.74) is 1.44. The van der Waals surface area contributed by atoms with Crippen molar-refractivity contribution in [2.24, 2.45) is 4.99 Å². The van der Waals surface area contributed by atoms with E-state index in [0.29, 0.717) is 31.1 Å². The fourth-order valence-electron chi connectivity index (χ4n) is 4.39. The van der Waals surface area contributed by atoms with Crippen molar-refractivity contribution < 1.29 is 19.4 Å². The van der Waals surface area contributed by atoms with Gasteiger partial charge in [0.25, 0.3) is 5.91 Å². The Labute approximate surface area is 233 Å². The standard InChI is InChI=1S/C29H28Br2N2O4/c30-22-10-6-19(7-11-22)26-29(28(35)32-23-12-13-23,18-21-4-1-2-5-25(21)31)33-27(37-26)20-8-14-24(15-9-20)36-17-3-16-34/h1-2,4-11,14-15,23,26,34H,3,12-13,16-18H2,(H,32,35)/t26-,29-/m1/s1. The topological polar surface area (TPSA) is 80.2 Å². The van der Waals surface area contributed by atoms with E-state index in [2.05, 4.69) is 37.2 Å². The van der Waals surface area contributed by atoms with E-state index in [1.165, 1.54) is 0 Å². The van der Waals surface area contributed by atoms with E-state index >= 15 is 0 Å². The van der Waals surface area contributed by atoms with Crippen molar-refractivity contribution in [1.29, 1.82) is 0 Å². The monoisotopic (exact) mass is 626 g/mol. The number of benzene rings is 3. The number of rotatable bonds is 10. The van der Waals surface area contributed by atoms with Gasteiger partial charge in [-0.15, -0.1) is 0 Å². The van der Waals surface area contributed by atoms with E-state index in [1.54, 1.807) is 0 Å². The first kappa shape index (κ1) is 25.9. The highest BCUT2D eigenvalue weighted by Gasteiger charge is 2.54. The molecule has 3 aromatic rings. The van der Waals surface area contributed by atoms with Gasteiger partial charge in [0.15, 0.2) is 11.6 Å². The molecule has 1 heterocycles. The Hall–Kier alpha value is -2.68. The average Bonchev–Trinajstić information content (AvgIpc) is 3.64. The van der Waals surface area contributed by atoms with Crippen LogP contribution in [-0.4, -0.2) is 41.7 Å². The summed E-state index contributed by atoms with van der Waals surface area (Å²) >= 11 is 7.18. The van der Waals surface area contributed by atoms with Gasteiger partial charge in [0.2, 0.25) is 5.90 Å². The average molecular weight is 628 g/mol. The number of aliphatic imine (C=N–C) groups is 1. The van der Waals surface area contributed by atoms with Crippen LogP contribution in [0.15, 0.2) is 86.7 Å². The number of aliphatic hydroxyl groups is 1. The molecule has 1 aliphatic carbocycles. The fraction of sp³-hybridized carbons (Fsp3) is 0.310. The molecule has 0 saturated heterocycles. The Morgan fingerprint density at radius 1 is 1.05 bits per heavy atom. The van der Waals surface area contributed by atoms with E-state index in [1.807, 2.05) is 72.8 Å². The zero-order chi connectivity index (χ0) is 25.8. The van der Waals surface area contributed by atoms with Crippen molar-refractivity contribution in [3.8, 4) is 5.75 Å². The molecule has 37 heavy (non-hydrogen) atoms. The summed E-state index contributed by atoms with van der Waals surface area (Å²) in [6.45, 7) is 0.526. The highest BCUT2D eigenvalue weighted by molar-refractivity contribution is 9.10. The predicted octanol–water partition coefficient (Wildman–Crippen LogP) is 5.75. The second kappa shape index (κ2) is 11.4. The Balaban J connectivity index is 1.55. The molecule has 0 aromatic heterocycles. The normalized spacial score (nSPS) is 20.7. The van der Waals surface area contributed by atoms with Crippen molar-refractivity contribution >= 4 is 43.7 Å². The molecule has 1 fully saturated rings. The van der Waals surface area contributed by atoms with Crippen molar-refractivity contribution in [1.82, 2.24) is 5.32 Å². The molecule has 8 heteroatoms. The van der Waals surface area contributed by atoms with Gasteiger partial charge in [-0.05, 0) is 66.4 Å². The number of nitrogens with one attached hydrogen (secondary N) is 1. The highest BCUT2D eigenvalue weighted by Crippen LogP contribution is 2.44. The first-order valence-electron chi connectivity index (χ1n) is 12.4. The van der Waals surface area contributed by atoms with Crippen LogP contribution >= 0.6 is 31.9 Å². The number of hydrogen-bond donors (Lipinski definition) is 2. The van der Waals surface area contributed by atoms with Gasteiger partial charge in [0, 0.05) is 40.0 Å². The van der Waals surface area contributed by atoms with Gasteiger partial charge in [0.05, 0.1) is 6.61 Å². The van der Waals surface area contributed by atoms with Crippen LogP contribution in [0.4, 0.5) is 0 Å². The van der Waals surface area contributed by atoms with Crippen LogP contribution in [0, 0.1) is 0 Å². The quantitative estimate of drug-likeness (QED) is 0.281. The number of ether oxygens (including phenoxy) is 2. The highest BCUT2D eigenvalue weighted by atomic mass is 79.9. The molecule has 1 saturated carbocycles. The van der Waals surface area contributed by atoms with Gasteiger partial charge in [0.1, 0.15) is 5.75 Å². The van der Waals surface area contributed by atoms with Gasteiger partial charge in [-0.1, -0.05) is 62.2 Å². The maximum Gasteiger partial charge on any atom is 0.252 e. The zero-order valence-electron chi connectivity index (χ0n) is 20.2. The molecule has 192 valence electrons. The lowest BCUT2D eigenvalue weighted by atomic mass is 9.82. The number of hydrogen-bond acceptors (Lipinski definition) is 5. The Morgan fingerprint density at radius 3 is 2.46 bits per heavy atom. The molecule has 0 radical (unpaired) electrons. The molecule has 0 bridgehead atoms. The van der Waals surface area contributed by atoms with E-state index in [9.17, 15) is 4.79 Å². The molecule has 0 spiro atoms. The van der Waals surface area contributed by atoms with Crippen LogP contribution in [0.2, 0.25) is 0 Å². The molecule has 1 aliphatic heterocycles. The maximum absolute atomic E-state index is 14.0. The summed E-state index contributed by atoms with van der Waals surface area (Å²) < 4.78 is 14.1. The smallest absolute Gasteiger partial charge is 0.252 e. The number of nitrogens with zero attached hydrogens (tertiary/aromatic N) is 1. The van der Waals surface area contributed by atoms with Crippen molar-refractivity contribution in [3.05, 3.63) is 98.4 Å². The van der Waals surface area contributed by atoms with Crippen LogP contribution in [-0.2, 0) is 16.0 Å². The lowest BCUT2D eigenvalue weighted by molar-refractivity contribution is -0.129. The molecule has 2 N–H and O–H groups in total.